The molecule has 8 nitrogen and oxygen atoms in total. The number of hydrogen-bond acceptors (Lipinski definition) is 5. The van der Waals surface area contributed by atoms with E-state index in [1.165, 1.54) is 0 Å². The summed E-state index contributed by atoms with van der Waals surface area (Å²) in [7, 11) is 3.50. The monoisotopic (exact) mass is 346 g/mol. The van der Waals surface area contributed by atoms with E-state index in [4.69, 9.17) is 0 Å². The van der Waals surface area contributed by atoms with Crippen LogP contribution in [0.25, 0.3) is 0 Å². The predicted octanol–water partition coefficient (Wildman–Crippen LogP) is 0.519. The third-order valence-electron chi connectivity index (χ3n) is 4.85. The van der Waals surface area contributed by atoms with Crippen molar-refractivity contribution in [1.82, 2.24) is 24.7 Å². The predicted molar refractivity (Wildman–Crippen MR) is 94.2 cm³/mol. The van der Waals surface area contributed by atoms with Crippen molar-refractivity contribution >= 4 is 17.9 Å². The number of amides is 3. The molecule has 1 atom stereocenters. The van der Waals surface area contributed by atoms with Crippen LogP contribution in [0.3, 0.4) is 0 Å². The van der Waals surface area contributed by atoms with Crippen LogP contribution in [0.5, 0.6) is 0 Å². The van der Waals surface area contributed by atoms with Crippen molar-refractivity contribution in [3.63, 3.8) is 0 Å². The zero-order valence-corrected chi connectivity index (χ0v) is 15.0. The number of carbonyl (C=O) groups is 2. The van der Waals surface area contributed by atoms with Gasteiger partial charge in [0.15, 0.2) is 0 Å². The van der Waals surface area contributed by atoms with E-state index in [1.807, 2.05) is 4.90 Å². The molecule has 25 heavy (non-hydrogen) atoms. The summed E-state index contributed by atoms with van der Waals surface area (Å²) in [6, 6.07) is 1.79. The number of anilines is 1. The van der Waals surface area contributed by atoms with E-state index in [0.717, 1.165) is 38.4 Å². The first-order valence-electron chi connectivity index (χ1n) is 8.83. The Morgan fingerprint density at radius 3 is 2.36 bits per heavy atom. The molecule has 8 heteroatoms. The average Bonchev–Trinajstić information content (AvgIpc) is 2.67. The lowest BCUT2D eigenvalue weighted by molar-refractivity contribution is -0.137. The number of aromatic nitrogens is 2. The lowest BCUT2D eigenvalue weighted by atomic mass is 9.96. The van der Waals surface area contributed by atoms with Gasteiger partial charge in [-0.2, -0.15) is 0 Å². The van der Waals surface area contributed by atoms with Gasteiger partial charge in [-0.25, -0.2) is 14.8 Å². The number of likely N-dealkylation sites (tertiary alicyclic amines) is 1. The van der Waals surface area contributed by atoms with Crippen molar-refractivity contribution in [2.45, 2.75) is 12.8 Å². The maximum atomic E-state index is 12.9. The number of nitrogens with zero attached hydrogens (tertiary/aromatic N) is 6. The van der Waals surface area contributed by atoms with E-state index in [2.05, 4.69) is 14.9 Å². The molecule has 0 bridgehead atoms. The minimum Gasteiger partial charge on any atom is -0.339 e. The molecule has 0 N–H and O–H groups in total. The van der Waals surface area contributed by atoms with Crippen LogP contribution in [0.4, 0.5) is 10.7 Å². The van der Waals surface area contributed by atoms with Crippen molar-refractivity contribution in [3.8, 4) is 0 Å². The second-order valence-electron chi connectivity index (χ2n) is 6.82. The third-order valence-corrected chi connectivity index (χ3v) is 4.85. The number of piperazine rings is 1. The number of piperidine rings is 1. The van der Waals surface area contributed by atoms with E-state index in [9.17, 15) is 9.59 Å². The molecule has 2 fully saturated rings. The van der Waals surface area contributed by atoms with E-state index >= 15 is 0 Å². The molecule has 3 amide bonds. The van der Waals surface area contributed by atoms with E-state index in [-0.39, 0.29) is 17.9 Å². The molecule has 136 valence electrons. The number of carbonyl (C=O) groups excluding carboxylic acids is 2. The SMILES string of the molecule is CN(C)C(=O)N1CCCC(C(=O)N2CCN(c3ncccn3)CC2)C1. The van der Waals surface area contributed by atoms with Gasteiger partial charge < -0.3 is 19.6 Å². The molecule has 2 aliphatic rings. The van der Waals surface area contributed by atoms with Gasteiger partial charge in [0.05, 0.1) is 5.92 Å². The summed E-state index contributed by atoms with van der Waals surface area (Å²) in [5.41, 5.74) is 0. The Kier molecular flexibility index (Phi) is 5.35. The second kappa shape index (κ2) is 7.67. The molecule has 2 aliphatic heterocycles. The Morgan fingerprint density at radius 2 is 1.72 bits per heavy atom. The number of urea groups is 1. The van der Waals surface area contributed by atoms with E-state index in [1.54, 1.807) is 42.4 Å². The van der Waals surface area contributed by atoms with Crippen LogP contribution < -0.4 is 4.90 Å². The molecule has 1 aromatic rings. The van der Waals surface area contributed by atoms with Crippen molar-refractivity contribution in [2.24, 2.45) is 5.92 Å². The van der Waals surface area contributed by atoms with Gasteiger partial charge in [-0.05, 0) is 18.9 Å². The van der Waals surface area contributed by atoms with Crippen LogP contribution >= 0.6 is 0 Å². The Morgan fingerprint density at radius 1 is 1.04 bits per heavy atom. The first-order chi connectivity index (χ1) is 12.1. The summed E-state index contributed by atoms with van der Waals surface area (Å²) in [6.07, 6.45) is 5.21. The summed E-state index contributed by atoms with van der Waals surface area (Å²) in [5.74, 6) is 0.803. The fraction of sp³-hybridized carbons (Fsp3) is 0.647. The zero-order valence-electron chi connectivity index (χ0n) is 15.0. The smallest absolute Gasteiger partial charge is 0.319 e. The summed E-state index contributed by atoms with van der Waals surface area (Å²) in [6.45, 7) is 4.09. The van der Waals surface area contributed by atoms with Crippen LogP contribution in [-0.2, 0) is 4.79 Å². The highest BCUT2D eigenvalue weighted by atomic mass is 16.2. The maximum absolute atomic E-state index is 12.9. The van der Waals surface area contributed by atoms with Crippen molar-refractivity contribution in [1.29, 1.82) is 0 Å². The molecule has 3 rings (SSSR count). The van der Waals surface area contributed by atoms with Gasteiger partial charge in [-0.15, -0.1) is 0 Å². The highest BCUT2D eigenvalue weighted by molar-refractivity contribution is 5.81. The molecule has 0 radical (unpaired) electrons. The minimum atomic E-state index is -0.0859. The van der Waals surface area contributed by atoms with Gasteiger partial charge >= 0.3 is 6.03 Å². The van der Waals surface area contributed by atoms with Crippen LogP contribution in [-0.4, -0.2) is 90.0 Å². The molecular weight excluding hydrogens is 320 g/mol. The summed E-state index contributed by atoms with van der Waals surface area (Å²) >= 11 is 0. The fourth-order valence-electron chi connectivity index (χ4n) is 3.47. The normalized spacial score (nSPS) is 21.2. The third kappa shape index (κ3) is 4.00. The maximum Gasteiger partial charge on any atom is 0.319 e. The molecule has 3 heterocycles. The first kappa shape index (κ1) is 17.4. The van der Waals surface area contributed by atoms with E-state index in [0.29, 0.717) is 19.6 Å². The molecule has 0 saturated carbocycles. The van der Waals surface area contributed by atoms with Crippen LogP contribution in [0.15, 0.2) is 18.5 Å². The molecule has 1 unspecified atom stereocenters. The van der Waals surface area contributed by atoms with Gasteiger partial charge in [-0.3, -0.25) is 4.79 Å². The molecular formula is C17H26N6O2. The number of rotatable bonds is 2. The van der Waals surface area contributed by atoms with Gasteiger partial charge in [0.1, 0.15) is 0 Å². The van der Waals surface area contributed by atoms with Crippen molar-refractivity contribution < 1.29 is 9.59 Å². The minimum absolute atomic E-state index is 0.0106. The first-order valence-corrected chi connectivity index (χ1v) is 8.83. The lowest BCUT2D eigenvalue weighted by Crippen LogP contribution is -2.54. The highest BCUT2D eigenvalue weighted by Gasteiger charge is 2.33. The average molecular weight is 346 g/mol. The standard InChI is InChI=1S/C17H26N6O2/c1-20(2)17(25)23-8-3-5-14(13-23)15(24)21-9-11-22(12-10-21)16-18-6-4-7-19-16/h4,6-7,14H,3,5,8-13H2,1-2H3. The van der Waals surface area contributed by atoms with Crippen LogP contribution in [0.2, 0.25) is 0 Å². The van der Waals surface area contributed by atoms with Crippen LogP contribution in [0.1, 0.15) is 12.8 Å². The van der Waals surface area contributed by atoms with Crippen LogP contribution in [0, 0.1) is 5.92 Å². The molecule has 0 spiro atoms. The van der Waals surface area contributed by atoms with Gasteiger partial charge in [-0.1, -0.05) is 0 Å². The fourth-order valence-corrected chi connectivity index (χ4v) is 3.47. The molecule has 2 saturated heterocycles. The van der Waals surface area contributed by atoms with Gasteiger partial charge in [0.25, 0.3) is 0 Å². The van der Waals surface area contributed by atoms with E-state index < -0.39 is 0 Å². The molecule has 0 aromatic carbocycles. The topological polar surface area (TPSA) is 72.9 Å². The highest BCUT2D eigenvalue weighted by Crippen LogP contribution is 2.21. The summed E-state index contributed by atoms with van der Waals surface area (Å²) in [5, 5.41) is 0. The Bertz CT molecular complexity index is 600. The van der Waals surface area contributed by atoms with Crippen molar-refractivity contribution in [3.05, 3.63) is 18.5 Å². The summed E-state index contributed by atoms with van der Waals surface area (Å²) < 4.78 is 0. The number of hydrogen-bond donors (Lipinski definition) is 0. The zero-order chi connectivity index (χ0) is 17.8. The second-order valence-corrected chi connectivity index (χ2v) is 6.82. The Balaban J connectivity index is 1.54. The molecule has 0 aliphatic carbocycles. The Labute approximate surface area is 148 Å². The lowest BCUT2D eigenvalue weighted by Gasteiger charge is -2.39. The van der Waals surface area contributed by atoms with Crippen molar-refractivity contribution in [2.75, 3.05) is 58.3 Å². The quantitative estimate of drug-likeness (QED) is 0.781. The summed E-state index contributed by atoms with van der Waals surface area (Å²) in [4.78, 5) is 40.9. The Hall–Kier alpha value is -2.38. The largest absolute Gasteiger partial charge is 0.339 e. The van der Waals surface area contributed by atoms with Gasteiger partial charge in [0.2, 0.25) is 11.9 Å². The molecule has 1 aromatic heterocycles. The van der Waals surface area contributed by atoms with Gasteiger partial charge in [0, 0.05) is 65.8 Å².